The first-order valence-corrected chi connectivity index (χ1v) is 11.3. The summed E-state index contributed by atoms with van der Waals surface area (Å²) < 4.78 is 6.08. The van der Waals surface area contributed by atoms with Gasteiger partial charge in [0.05, 0.1) is 24.8 Å². The monoisotopic (exact) mass is 333 g/mol. The van der Waals surface area contributed by atoms with Crippen molar-refractivity contribution in [3.05, 3.63) is 0 Å². The minimum Gasteiger partial charge on any atom is -0.481 e. The number of nitrogens with zero attached hydrogens (tertiary/aromatic N) is 1. The molecule has 1 unspecified atom stereocenters. The molecule has 5 nitrogen and oxygen atoms in total. The van der Waals surface area contributed by atoms with Crippen molar-refractivity contribution < 1.29 is 19.1 Å². The molecule has 1 N–H and O–H groups in total. The number of amides is 1. The molecular weight excluding hydrogens is 306 g/mol. The lowest BCUT2D eigenvalue weighted by Crippen LogP contribution is -2.53. The predicted octanol–water partition coefficient (Wildman–Crippen LogP) is 2.77. The fourth-order valence-electron chi connectivity index (χ4n) is 1.74. The minimum atomic E-state index is -1.77. The van der Waals surface area contributed by atoms with E-state index >= 15 is 0 Å². The summed E-state index contributed by atoms with van der Waals surface area (Å²) in [6.45, 7) is 12.2. The zero-order valence-corrected chi connectivity index (χ0v) is 15.5. The Morgan fingerprint density at radius 2 is 2.10 bits per heavy atom. The third-order valence-corrected chi connectivity index (χ3v) is 10.0. The summed E-state index contributed by atoms with van der Waals surface area (Å²) in [6, 6.07) is 0. The van der Waals surface area contributed by atoms with Gasteiger partial charge in [-0.25, -0.2) is 0 Å². The van der Waals surface area contributed by atoms with Gasteiger partial charge in [0.25, 0.3) is 0 Å². The maximum Gasteiger partial charge on any atom is 0.304 e. The highest BCUT2D eigenvalue weighted by atomic mass is 32.2. The summed E-state index contributed by atoms with van der Waals surface area (Å²) in [5.74, 6) is -0.102. The van der Waals surface area contributed by atoms with Crippen LogP contribution in [0.1, 0.15) is 33.6 Å². The van der Waals surface area contributed by atoms with Crippen molar-refractivity contribution in [2.45, 2.75) is 57.1 Å². The van der Waals surface area contributed by atoms with Gasteiger partial charge in [0.1, 0.15) is 0 Å². The zero-order chi connectivity index (χ0) is 16.3. The van der Waals surface area contributed by atoms with Gasteiger partial charge >= 0.3 is 5.97 Å². The minimum absolute atomic E-state index is 0.125. The number of carboxylic acid groups (broad SMARTS) is 1. The fourth-order valence-corrected chi connectivity index (χ4v) is 4.00. The van der Waals surface area contributed by atoms with E-state index in [4.69, 9.17) is 9.53 Å². The van der Waals surface area contributed by atoms with Crippen LogP contribution in [0.2, 0.25) is 18.1 Å². The topological polar surface area (TPSA) is 66.8 Å². The van der Waals surface area contributed by atoms with Crippen LogP contribution in [0.3, 0.4) is 0 Å². The van der Waals surface area contributed by atoms with Crippen molar-refractivity contribution in [3.63, 3.8) is 0 Å². The third-order valence-electron chi connectivity index (χ3n) is 4.24. The normalized spacial score (nSPS) is 19.6. The summed E-state index contributed by atoms with van der Waals surface area (Å²) in [5.41, 5.74) is 0. The molecule has 0 aromatic heterocycles. The Hall–Kier alpha value is -0.533. The van der Waals surface area contributed by atoms with Crippen LogP contribution in [0.4, 0.5) is 0 Å². The Morgan fingerprint density at radius 3 is 2.57 bits per heavy atom. The van der Waals surface area contributed by atoms with Gasteiger partial charge in [-0.2, -0.15) is 0 Å². The number of hydrogen-bond acceptors (Lipinski definition) is 4. The van der Waals surface area contributed by atoms with Crippen molar-refractivity contribution in [1.29, 1.82) is 0 Å². The Kier molecular flexibility index (Phi) is 6.31. The molecule has 1 heterocycles. The molecule has 0 aromatic carbocycles. The van der Waals surface area contributed by atoms with Crippen molar-refractivity contribution >= 4 is 32.0 Å². The van der Waals surface area contributed by atoms with Gasteiger partial charge in [-0.3, -0.25) is 9.59 Å². The zero-order valence-electron chi connectivity index (χ0n) is 13.6. The van der Waals surface area contributed by atoms with E-state index in [9.17, 15) is 9.59 Å². The number of thioether (sulfide) groups is 1. The molecule has 0 spiro atoms. The number of carbonyl (C=O) groups excluding carboxylic acids is 1. The molecule has 0 saturated carbocycles. The van der Waals surface area contributed by atoms with Crippen LogP contribution >= 0.6 is 11.8 Å². The Balaban J connectivity index is 2.33. The highest BCUT2D eigenvalue weighted by Crippen LogP contribution is 2.36. The van der Waals surface area contributed by atoms with Crippen LogP contribution in [0.25, 0.3) is 0 Å². The second-order valence-corrected chi connectivity index (χ2v) is 13.0. The summed E-state index contributed by atoms with van der Waals surface area (Å²) in [7, 11) is -1.77. The van der Waals surface area contributed by atoms with Gasteiger partial charge < -0.3 is 14.4 Å². The molecule has 0 aromatic rings. The number of likely N-dealkylation sites (tertiary alicyclic amines) is 1. The van der Waals surface area contributed by atoms with Gasteiger partial charge in [-0.1, -0.05) is 20.8 Å². The number of rotatable bonds is 8. The van der Waals surface area contributed by atoms with E-state index < -0.39 is 14.3 Å². The van der Waals surface area contributed by atoms with Crippen molar-refractivity contribution in [1.82, 2.24) is 4.90 Å². The lowest BCUT2D eigenvalue weighted by atomic mass is 10.2. The van der Waals surface area contributed by atoms with Gasteiger partial charge in [0, 0.05) is 12.3 Å². The van der Waals surface area contributed by atoms with Crippen LogP contribution in [0.5, 0.6) is 0 Å². The largest absolute Gasteiger partial charge is 0.481 e. The van der Waals surface area contributed by atoms with Gasteiger partial charge in [0.2, 0.25) is 5.91 Å². The summed E-state index contributed by atoms with van der Waals surface area (Å²) in [4.78, 5) is 23.9. The first kappa shape index (κ1) is 18.5. The molecule has 122 valence electrons. The molecule has 0 bridgehead atoms. The first-order valence-electron chi connectivity index (χ1n) is 7.31. The molecule has 0 radical (unpaired) electrons. The predicted molar refractivity (Wildman–Crippen MR) is 88.0 cm³/mol. The molecule has 0 aliphatic carbocycles. The Labute approximate surface area is 132 Å². The van der Waals surface area contributed by atoms with E-state index in [0.29, 0.717) is 25.3 Å². The van der Waals surface area contributed by atoms with Gasteiger partial charge in [0.15, 0.2) is 8.32 Å². The van der Waals surface area contributed by atoms with E-state index in [-0.39, 0.29) is 22.7 Å². The second-order valence-electron chi connectivity index (χ2n) is 6.87. The molecule has 1 aliphatic heterocycles. The van der Waals surface area contributed by atoms with Crippen LogP contribution in [-0.2, 0) is 14.0 Å². The molecule has 1 amide bonds. The van der Waals surface area contributed by atoms with Crippen LogP contribution in [0, 0.1) is 0 Å². The van der Waals surface area contributed by atoms with E-state index in [2.05, 4.69) is 33.9 Å². The summed E-state index contributed by atoms with van der Waals surface area (Å²) in [6.07, 6.45) is 0.661. The quantitative estimate of drug-likeness (QED) is 0.546. The Morgan fingerprint density at radius 1 is 1.48 bits per heavy atom. The lowest BCUT2D eigenvalue weighted by Gasteiger charge is -2.41. The average molecular weight is 334 g/mol. The highest BCUT2D eigenvalue weighted by Gasteiger charge is 2.39. The smallest absolute Gasteiger partial charge is 0.304 e. The maximum atomic E-state index is 11.6. The van der Waals surface area contributed by atoms with Gasteiger partial charge in [-0.05, 0) is 18.1 Å². The molecule has 1 atom stereocenters. The molecule has 1 fully saturated rings. The first-order chi connectivity index (χ1) is 9.54. The van der Waals surface area contributed by atoms with E-state index in [0.717, 1.165) is 0 Å². The lowest BCUT2D eigenvalue weighted by molar-refractivity contribution is -0.142. The van der Waals surface area contributed by atoms with E-state index in [1.54, 1.807) is 16.7 Å². The average Bonchev–Trinajstić information content (AvgIpc) is 2.31. The fraction of sp³-hybridized carbons (Fsp3) is 0.857. The third kappa shape index (κ3) is 5.30. The van der Waals surface area contributed by atoms with Crippen molar-refractivity contribution in [3.8, 4) is 0 Å². The molecule has 1 aliphatic rings. The number of hydrogen-bond donors (Lipinski definition) is 1. The number of carboxylic acids is 1. The number of carbonyl (C=O) groups is 2. The van der Waals surface area contributed by atoms with Crippen LogP contribution in [-0.4, -0.2) is 54.5 Å². The van der Waals surface area contributed by atoms with Crippen LogP contribution in [0.15, 0.2) is 0 Å². The molecule has 1 saturated heterocycles. The van der Waals surface area contributed by atoms with Crippen LogP contribution < -0.4 is 0 Å². The maximum absolute atomic E-state index is 11.6. The molecular formula is C14H27NO4SSi. The summed E-state index contributed by atoms with van der Waals surface area (Å²) >= 11 is 1.55. The molecule has 1 rings (SSSR count). The van der Waals surface area contributed by atoms with E-state index in [1.165, 1.54) is 0 Å². The number of β-lactam (4-membered cyclic amide) rings is 1. The highest BCUT2D eigenvalue weighted by molar-refractivity contribution is 8.00. The standard InChI is InChI=1S/C14H27NO4SSi/c1-14(2,3)21(4,5)19-8-7-15-11(16)10-12(15)20-9-6-13(17)18/h12H,6-10H2,1-5H3,(H,17,18). The summed E-state index contributed by atoms with van der Waals surface area (Å²) in [5, 5.41) is 8.93. The van der Waals surface area contributed by atoms with Gasteiger partial charge in [-0.15, -0.1) is 11.8 Å². The van der Waals surface area contributed by atoms with Crippen molar-refractivity contribution in [2.75, 3.05) is 18.9 Å². The number of aliphatic carboxylic acids is 1. The Bertz CT molecular complexity index is 395. The van der Waals surface area contributed by atoms with Crippen molar-refractivity contribution in [2.24, 2.45) is 0 Å². The molecule has 7 heteroatoms. The molecule has 21 heavy (non-hydrogen) atoms. The van der Waals surface area contributed by atoms with E-state index in [1.807, 2.05) is 0 Å². The second kappa shape index (κ2) is 7.15. The SMILES string of the molecule is CC(C)(C)[Si](C)(C)OCCN1C(=O)CC1SCCC(=O)O.